The molecule has 0 aliphatic rings. The Hall–Kier alpha value is -2.35. The van der Waals surface area contributed by atoms with Crippen LogP contribution in [0.2, 0.25) is 0 Å². The number of rotatable bonds is 2. The molecule has 5 heteroatoms. The lowest BCUT2D eigenvalue weighted by Gasteiger charge is -2.04. The van der Waals surface area contributed by atoms with Gasteiger partial charge in [0.05, 0.1) is 16.8 Å². The van der Waals surface area contributed by atoms with E-state index in [9.17, 15) is 9.59 Å². The largest absolute Gasteiger partial charge is 0.478 e. The number of carboxylic acids is 1. The van der Waals surface area contributed by atoms with Crippen molar-refractivity contribution in [3.05, 3.63) is 29.3 Å². The van der Waals surface area contributed by atoms with Crippen LogP contribution >= 0.6 is 0 Å². The molecule has 0 aliphatic carbocycles. The number of carbonyl (C=O) groups is 2. The summed E-state index contributed by atoms with van der Waals surface area (Å²) in [6.07, 6.45) is 0. The van der Waals surface area contributed by atoms with Crippen molar-refractivity contribution in [3.8, 4) is 6.07 Å². The highest BCUT2D eigenvalue weighted by molar-refractivity contribution is 5.93. The number of amides is 1. The minimum atomic E-state index is -1.11. The molecule has 0 radical (unpaired) electrons. The summed E-state index contributed by atoms with van der Waals surface area (Å²) >= 11 is 0. The summed E-state index contributed by atoms with van der Waals surface area (Å²) in [5, 5.41) is 19.9. The molecule has 0 aliphatic heterocycles. The van der Waals surface area contributed by atoms with E-state index in [4.69, 9.17) is 10.4 Å². The molecule has 0 spiro atoms. The summed E-state index contributed by atoms with van der Waals surface area (Å²) in [5.41, 5.74) is 0.459. The highest BCUT2D eigenvalue weighted by Gasteiger charge is 2.08. The number of carboxylic acid groups (broad SMARTS) is 1. The Labute approximate surface area is 86.0 Å². The van der Waals surface area contributed by atoms with Crippen molar-refractivity contribution in [2.75, 3.05) is 5.32 Å². The second kappa shape index (κ2) is 4.24. The van der Waals surface area contributed by atoms with Crippen LogP contribution in [-0.4, -0.2) is 17.0 Å². The standard InChI is InChI=1S/C10H8N2O3/c1-6(13)12-9-3-2-7(10(14)15)4-8(9)5-11/h2-4H,1H3,(H,12,13)(H,14,15). The Morgan fingerprint density at radius 1 is 1.47 bits per heavy atom. The normalized spacial score (nSPS) is 9.07. The maximum absolute atomic E-state index is 10.8. The van der Waals surface area contributed by atoms with E-state index in [2.05, 4.69) is 5.32 Å². The Kier molecular flexibility index (Phi) is 3.03. The number of nitrogens with zero attached hydrogens (tertiary/aromatic N) is 1. The molecule has 0 saturated heterocycles. The number of nitriles is 1. The van der Waals surface area contributed by atoms with Crippen LogP contribution < -0.4 is 5.32 Å². The van der Waals surface area contributed by atoms with E-state index in [1.807, 2.05) is 6.07 Å². The summed E-state index contributed by atoms with van der Waals surface area (Å²) < 4.78 is 0. The predicted octanol–water partition coefficient (Wildman–Crippen LogP) is 1.21. The summed E-state index contributed by atoms with van der Waals surface area (Å²) in [6.45, 7) is 1.31. The molecule has 0 bridgehead atoms. The molecule has 1 amide bonds. The number of hydrogen-bond donors (Lipinski definition) is 2. The van der Waals surface area contributed by atoms with Crippen LogP contribution in [0.5, 0.6) is 0 Å². The number of benzene rings is 1. The highest BCUT2D eigenvalue weighted by atomic mass is 16.4. The summed E-state index contributed by atoms with van der Waals surface area (Å²) in [4.78, 5) is 21.4. The van der Waals surface area contributed by atoms with Crippen molar-refractivity contribution < 1.29 is 14.7 Å². The van der Waals surface area contributed by atoms with Gasteiger partial charge in [-0.25, -0.2) is 4.79 Å². The lowest BCUT2D eigenvalue weighted by molar-refractivity contribution is -0.114. The maximum atomic E-state index is 10.8. The molecule has 1 rings (SSSR count). The van der Waals surface area contributed by atoms with Crippen LogP contribution in [0.1, 0.15) is 22.8 Å². The number of nitrogens with one attached hydrogen (secondary N) is 1. The zero-order valence-corrected chi connectivity index (χ0v) is 7.94. The topological polar surface area (TPSA) is 90.2 Å². The first-order valence-corrected chi connectivity index (χ1v) is 4.09. The van der Waals surface area contributed by atoms with E-state index >= 15 is 0 Å². The van der Waals surface area contributed by atoms with Crippen molar-refractivity contribution in [1.29, 1.82) is 5.26 Å². The van der Waals surface area contributed by atoms with Gasteiger partial charge in [0.2, 0.25) is 5.91 Å². The summed E-state index contributed by atoms with van der Waals surface area (Å²) in [5.74, 6) is -1.42. The van der Waals surface area contributed by atoms with Gasteiger partial charge in [-0.15, -0.1) is 0 Å². The first-order chi connectivity index (χ1) is 7.04. The average Bonchev–Trinajstić information content (AvgIpc) is 2.17. The molecule has 0 saturated carbocycles. The minimum Gasteiger partial charge on any atom is -0.478 e. The number of anilines is 1. The first kappa shape index (κ1) is 10.7. The van der Waals surface area contributed by atoms with E-state index in [0.29, 0.717) is 5.69 Å². The fourth-order valence-electron chi connectivity index (χ4n) is 1.07. The minimum absolute atomic E-state index is 0.0145. The first-order valence-electron chi connectivity index (χ1n) is 4.09. The van der Waals surface area contributed by atoms with E-state index in [-0.39, 0.29) is 17.0 Å². The molecule has 1 aromatic carbocycles. The Morgan fingerprint density at radius 2 is 2.13 bits per heavy atom. The molecule has 15 heavy (non-hydrogen) atoms. The van der Waals surface area contributed by atoms with Gasteiger partial charge >= 0.3 is 5.97 Å². The average molecular weight is 204 g/mol. The van der Waals surface area contributed by atoms with Gasteiger partial charge in [0, 0.05) is 6.92 Å². The zero-order valence-electron chi connectivity index (χ0n) is 7.94. The molecular formula is C10H8N2O3. The molecule has 1 aromatic rings. The number of carbonyl (C=O) groups excluding carboxylic acids is 1. The fraction of sp³-hybridized carbons (Fsp3) is 0.100. The van der Waals surface area contributed by atoms with Gasteiger partial charge in [-0.1, -0.05) is 0 Å². The van der Waals surface area contributed by atoms with Crippen LogP contribution in [0.15, 0.2) is 18.2 Å². The van der Waals surface area contributed by atoms with E-state index in [1.54, 1.807) is 0 Å². The van der Waals surface area contributed by atoms with Crippen molar-refractivity contribution in [2.24, 2.45) is 0 Å². The van der Waals surface area contributed by atoms with Crippen LogP contribution in [-0.2, 0) is 4.79 Å². The van der Waals surface area contributed by atoms with Gasteiger partial charge in [-0.2, -0.15) is 5.26 Å². The van der Waals surface area contributed by atoms with E-state index in [0.717, 1.165) is 0 Å². The summed E-state index contributed by atoms with van der Waals surface area (Å²) in [7, 11) is 0. The van der Waals surface area contributed by atoms with Gasteiger partial charge in [0.1, 0.15) is 6.07 Å². The van der Waals surface area contributed by atoms with Gasteiger partial charge < -0.3 is 10.4 Å². The van der Waals surface area contributed by atoms with Crippen LogP contribution in [0.4, 0.5) is 5.69 Å². The van der Waals surface area contributed by atoms with Gasteiger partial charge in [0.25, 0.3) is 0 Å². The van der Waals surface area contributed by atoms with Crippen molar-refractivity contribution in [1.82, 2.24) is 0 Å². The fourth-order valence-corrected chi connectivity index (χ4v) is 1.07. The highest BCUT2D eigenvalue weighted by Crippen LogP contribution is 2.16. The van der Waals surface area contributed by atoms with E-state index in [1.165, 1.54) is 25.1 Å². The lowest BCUT2D eigenvalue weighted by Crippen LogP contribution is -2.08. The van der Waals surface area contributed by atoms with Crippen LogP contribution in [0, 0.1) is 11.3 Å². The van der Waals surface area contributed by atoms with E-state index < -0.39 is 5.97 Å². The quantitative estimate of drug-likeness (QED) is 0.757. The Balaban J connectivity index is 3.16. The molecular weight excluding hydrogens is 196 g/mol. The molecule has 0 aromatic heterocycles. The van der Waals surface area contributed by atoms with Crippen LogP contribution in [0.3, 0.4) is 0 Å². The third-order valence-electron chi connectivity index (χ3n) is 1.70. The smallest absolute Gasteiger partial charge is 0.335 e. The second-order valence-corrected chi connectivity index (χ2v) is 2.86. The molecule has 0 fully saturated rings. The molecule has 76 valence electrons. The predicted molar refractivity (Wildman–Crippen MR) is 52.4 cm³/mol. The third-order valence-corrected chi connectivity index (χ3v) is 1.70. The third kappa shape index (κ3) is 2.54. The van der Waals surface area contributed by atoms with Crippen molar-refractivity contribution in [2.45, 2.75) is 6.92 Å². The molecule has 5 nitrogen and oxygen atoms in total. The maximum Gasteiger partial charge on any atom is 0.335 e. The van der Waals surface area contributed by atoms with Gasteiger partial charge in [-0.3, -0.25) is 4.79 Å². The van der Waals surface area contributed by atoms with Gasteiger partial charge in [0.15, 0.2) is 0 Å². The Bertz CT molecular complexity index is 460. The Morgan fingerprint density at radius 3 is 2.60 bits per heavy atom. The van der Waals surface area contributed by atoms with Crippen LogP contribution in [0.25, 0.3) is 0 Å². The monoisotopic (exact) mass is 204 g/mol. The second-order valence-electron chi connectivity index (χ2n) is 2.86. The number of aromatic carboxylic acids is 1. The molecule has 0 atom stereocenters. The molecule has 0 heterocycles. The molecule has 2 N–H and O–H groups in total. The zero-order chi connectivity index (χ0) is 11.4. The van der Waals surface area contributed by atoms with Gasteiger partial charge in [-0.05, 0) is 18.2 Å². The SMILES string of the molecule is CC(=O)Nc1ccc(C(=O)O)cc1C#N. The molecule has 0 unspecified atom stereocenters. The van der Waals surface area contributed by atoms with Crippen molar-refractivity contribution in [3.63, 3.8) is 0 Å². The van der Waals surface area contributed by atoms with Crippen molar-refractivity contribution >= 4 is 17.6 Å². The summed E-state index contributed by atoms with van der Waals surface area (Å²) in [6, 6.07) is 5.75. The lowest BCUT2D eigenvalue weighted by atomic mass is 10.1. The number of hydrogen-bond acceptors (Lipinski definition) is 3.